The van der Waals surface area contributed by atoms with Crippen molar-refractivity contribution in [2.75, 3.05) is 13.7 Å². The van der Waals surface area contributed by atoms with Crippen LogP contribution in [0.5, 0.6) is 0 Å². The standard InChI is InChI=1S/C14H21NO/c1-10(2)13-8-11-6-4-5-7-12(11)14(15-13)9-16-3/h4-7,10,13-15H,8-9H2,1-3H3. The maximum absolute atomic E-state index is 5.30. The van der Waals surface area contributed by atoms with Gasteiger partial charge in [0, 0.05) is 13.2 Å². The van der Waals surface area contributed by atoms with Gasteiger partial charge in [0.2, 0.25) is 0 Å². The Bertz CT molecular complexity index is 348. The lowest BCUT2D eigenvalue weighted by atomic mass is 9.86. The molecule has 0 saturated carbocycles. The molecule has 0 radical (unpaired) electrons. The maximum Gasteiger partial charge on any atom is 0.0657 e. The van der Waals surface area contributed by atoms with Crippen molar-refractivity contribution in [3.8, 4) is 0 Å². The average molecular weight is 219 g/mol. The lowest BCUT2D eigenvalue weighted by molar-refractivity contribution is 0.150. The van der Waals surface area contributed by atoms with Crippen LogP contribution in [-0.2, 0) is 11.2 Å². The van der Waals surface area contributed by atoms with Gasteiger partial charge in [0.15, 0.2) is 0 Å². The Morgan fingerprint density at radius 2 is 2.12 bits per heavy atom. The van der Waals surface area contributed by atoms with Crippen LogP contribution in [0, 0.1) is 5.92 Å². The Balaban J connectivity index is 2.26. The smallest absolute Gasteiger partial charge is 0.0657 e. The minimum absolute atomic E-state index is 0.349. The molecule has 1 aromatic carbocycles. The molecule has 1 aliphatic heterocycles. The lowest BCUT2D eigenvalue weighted by Gasteiger charge is -2.35. The van der Waals surface area contributed by atoms with Gasteiger partial charge in [0.25, 0.3) is 0 Å². The summed E-state index contributed by atoms with van der Waals surface area (Å²) in [5.74, 6) is 0.660. The van der Waals surface area contributed by atoms with Gasteiger partial charge in [-0.25, -0.2) is 0 Å². The first-order valence-electron chi connectivity index (χ1n) is 6.05. The van der Waals surface area contributed by atoms with Gasteiger partial charge in [0.05, 0.1) is 12.6 Å². The van der Waals surface area contributed by atoms with Gasteiger partial charge in [-0.1, -0.05) is 38.1 Å². The fourth-order valence-electron chi connectivity index (χ4n) is 2.44. The van der Waals surface area contributed by atoms with Gasteiger partial charge in [0.1, 0.15) is 0 Å². The van der Waals surface area contributed by atoms with Crippen LogP contribution >= 0.6 is 0 Å². The van der Waals surface area contributed by atoms with Crippen LogP contribution in [-0.4, -0.2) is 19.8 Å². The van der Waals surface area contributed by atoms with E-state index in [1.165, 1.54) is 11.1 Å². The van der Waals surface area contributed by atoms with Crippen molar-refractivity contribution >= 4 is 0 Å². The van der Waals surface area contributed by atoms with E-state index in [4.69, 9.17) is 4.74 Å². The van der Waals surface area contributed by atoms with E-state index < -0.39 is 0 Å². The summed E-state index contributed by atoms with van der Waals surface area (Å²) in [7, 11) is 1.77. The number of hydrogen-bond acceptors (Lipinski definition) is 2. The van der Waals surface area contributed by atoms with E-state index >= 15 is 0 Å². The van der Waals surface area contributed by atoms with Crippen LogP contribution in [0.4, 0.5) is 0 Å². The fraction of sp³-hybridized carbons (Fsp3) is 0.571. The normalized spacial score (nSPS) is 24.5. The molecule has 0 saturated heterocycles. The van der Waals surface area contributed by atoms with E-state index in [9.17, 15) is 0 Å². The van der Waals surface area contributed by atoms with E-state index in [1.807, 2.05) is 0 Å². The van der Waals surface area contributed by atoms with Gasteiger partial charge < -0.3 is 10.1 Å². The molecule has 0 spiro atoms. The second-order valence-electron chi connectivity index (χ2n) is 4.93. The van der Waals surface area contributed by atoms with Crippen molar-refractivity contribution < 1.29 is 4.74 Å². The van der Waals surface area contributed by atoms with Crippen molar-refractivity contribution in [1.82, 2.24) is 5.32 Å². The van der Waals surface area contributed by atoms with E-state index in [0.29, 0.717) is 18.0 Å². The Morgan fingerprint density at radius 1 is 1.38 bits per heavy atom. The molecule has 0 aromatic heterocycles. The van der Waals surface area contributed by atoms with Crippen LogP contribution < -0.4 is 5.32 Å². The van der Waals surface area contributed by atoms with Crippen LogP contribution in [0.25, 0.3) is 0 Å². The van der Waals surface area contributed by atoms with Crippen molar-refractivity contribution in [3.63, 3.8) is 0 Å². The highest BCUT2D eigenvalue weighted by Crippen LogP contribution is 2.27. The predicted molar refractivity (Wildman–Crippen MR) is 66.5 cm³/mol. The molecule has 2 rings (SSSR count). The average Bonchev–Trinajstić information content (AvgIpc) is 2.29. The summed E-state index contributed by atoms with van der Waals surface area (Å²) >= 11 is 0. The largest absolute Gasteiger partial charge is 0.383 e. The van der Waals surface area contributed by atoms with Crippen molar-refractivity contribution in [2.45, 2.75) is 32.4 Å². The molecule has 1 heterocycles. The van der Waals surface area contributed by atoms with Crippen LogP contribution in [0.15, 0.2) is 24.3 Å². The quantitative estimate of drug-likeness (QED) is 0.843. The number of fused-ring (bicyclic) bond motifs is 1. The molecule has 2 atom stereocenters. The minimum atomic E-state index is 0.349. The first-order valence-corrected chi connectivity index (χ1v) is 6.05. The molecule has 2 heteroatoms. The molecular weight excluding hydrogens is 198 g/mol. The number of nitrogens with one attached hydrogen (secondary N) is 1. The summed E-state index contributed by atoms with van der Waals surface area (Å²) in [6.45, 7) is 5.30. The highest BCUT2D eigenvalue weighted by molar-refractivity contribution is 5.33. The second-order valence-corrected chi connectivity index (χ2v) is 4.93. The number of rotatable bonds is 3. The van der Waals surface area contributed by atoms with E-state index in [-0.39, 0.29) is 0 Å². The molecule has 0 bridgehead atoms. The first kappa shape index (κ1) is 11.6. The Morgan fingerprint density at radius 3 is 2.81 bits per heavy atom. The van der Waals surface area contributed by atoms with Crippen LogP contribution in [0.1, 0.15) is 31.0 Å². The van der Waals surface area contributed by atoms with Gasteiger partial charge in [-0.2, -0.15) is 0 Å². The molecule has 0 amide bonds. The summed E-state index contributed by atoms with van der Waals surface area (Å²) in [6.07, 6.45) is 1.13. The summed E-state index contributed by atoms with van der Waals surface area (Å²) in [5.41, 5.74) is 2.88. The fourth-order valence-corrected chi connectivity index (χ4v) is 2.44. The highest BCUT2D eigenvalue weighted by atomic mass is 16.5. The molecule has 88 valence electrons. The Kier molecular flexibility index (Phi) is 3.62. The zero-order chi connectivity index (χ0) is 11.5. The summed E-state index contributed by atoms with van der Waals surface area (Å²) < 4.78 is 5.30. The van der Waals surface area contributed by atoms with Crippen LogP contribution in [0.2, 0.25) is 0 Å². The second kappa shape index (κ2) is 4.98. The zero-order valence-electron chi connectivity index (χ0n) is 10.4. The Hall–Kier alpha value is -0.860. The summed E-state index contributed by atoms with van der Waals surface area (Å²) in [6, 6.07) is 9.61. The van der Waals surface area contributed by atoms with E-state index in [1.54, 1.807) is 7.11 Å². The van der Waals surface area contributed by atoms with Crippen LogP contribution in [0.3, 0.4) is 0 Å². The highest BCUT2D eigenvalue weighted by Gasteiger charge is 2.27. The molecule has 2 nitrogen and oxygen atoms in total. The maximum atomic E-state index is 5.30. The minimum Gasteiger partial charge on any atom is -0.383 e. The topological polar surface area (TPSA) is 21.3 Å². The third kappa shape index (κ3) is 2.28. The summed E-state index contributed by atoms with van der Waals surface area (Å²) in [4.78, 5) is 0. The molecule has 0 fully saturated rings. The Labute approximate surface area is 98.0 Å². The van der Waals surface area contributed by atoms with Gasteiger partial charge >= 0.3 is 0 Å². The van der Waals surface area contributed by atoms with E-state index in [0.717, 1.165) is 13.0 Å². The molecule has 1 N–H and O–H groups in total. The van der Waals surface area contributed by atoms with Crippen molar-refractivity contribution in [2.24, 2.45) is 5.92 Å². The third-order valence-electron chi connectivity index (χ3n) is 3.42. The van der Waals surface area contributed by atoms with E-state index in [2.05, 4.69) is 43.4 Å². The van der Waals surface area contributed by atoms with Gasteiger partial charge in [-0.05, 0) is 23.5 Å². The first-order chi connectivity index (χ1) is 7.72. The molecular formula is C14H21NO. The number of methoxy groups -OCH3 is 1. The number of hydrogen-bond donors (Lipinski definition) is 1. The molecule has 1 aromatic rings. The third-order valence-corrected chi connectivity index (χ3v) is 3.42. The lowest BCUT2D eigenvalue weighted by Crippen LogP contribution is -2.44. The SMILES string of the molecule is COCC1NC(C(C)C)Cc2ccccc21. The predicted octanol–water partition coefficient (Wildman–Crippen LogP) is 2.54. The molecule has 16 heavy (non-hydrogen) atoms. The molecule has 1 aliphatic rings. The van der Waals surface area contributed by atoms with Crippen molar-refractivity contribution in [3.05, 3.63) is 35.4 Å². The number of benzene rings is 1. The summed E-state index contributed by atoms with van der Waals surface area (Å²) in [5, 5.41) is 3.68. The molecule has 0 aliphatic carbocycles. The van der Waals surface area contributed by atoms with Gasteiger partial charge in [-0.3, -0.25) is 0 Å². The monoisotopic (exact) mass is 219 g/mol. The zero-order valence-corrected chi connectivity index (χ0v) is 10.4. The van der Waals surface area contributed by atoms with Gasteiger partial charge in [-0.15, -0.1) is 0 Å². The number of ether oxygens (including phenoxy) is 1. The van der Waals surface area contributed by atoms with Crippen molar-refractivity contribution in [1.29, 1.82) is 0 Å². The molecule has 2 unspecified atom stereocenters.